The summed E-state index contributed by atoms with van der Waals surface area (Å²) in [6.07, 6.45) is 0. The van der Waals surface area contributed by atoms with E-state index in [1.54, 1.807) is 12.1 Å². The second-order valence-electron chi connectivity index (χ2n) is 2.93. The van der Waals surface area contributed by atoms with Gasteiger partial charge in [-0.15, -0.1) is 0 Å². The number of ether oxygens (including phenoxy) is 1. The van der Waals surface area contributed by atoms with Crippen LogP contribution in [0.4, 0.5) is 0 Å². The first-order valence-electron chi connectivity index (χ1n) is 4.47. The lowest BCUT2D eigenvalue weighted by Crippen LogP contribution is -2.02. The number of carbonyl (C=O) groups is 1. The Kier molecular flexibility index (Phi) is 3.87. The summed E-state index contributed by atoms with van der Waals surface area (Å²) >= 11 is 3.27. The van der Waals surface area contributed by atoms with Crippen molar-refractivity contribution in [1.82, 2.24) is 0 Å². The van der Waals surface area contributed by atoms with Gasteiger partial charge in [0.1, 0.15) is 17.4 Å². The molecule has 0 aliphatic carbocycles. The van der Waals surface area contributed by atoms with E-state index in [-0.39, 0.29) is 5.78 Å². The van der Waals surface area contributed by atoms with E-state index in [1.165, 1.54) is 6.92 Å². The molecule has 3 nitrogen and oxygen atoms in total. The maximum absolute atomic E-state index is 11.3. The average molecular weight is 268 g/mol. The minimum absolute atomic E-state index is 0.145. The molecule has 0 aromatic heterocycles. The molecule has 0 fully saturated rings. The second kappa shape index (κ2) is 4.94. The van der Waals surface area contributed by atoms with Crippen molar-refractivity contribution < 1.29 is 9.53 Å². The van der Waals surface area contributed by atoms with Gasteiger partial charge in [-0.25, -0.2) is 0 Å². The van der Waals surface area contributed by atoms with E-state index in [2.05, 4.69) is 15.9 Å². The van der Waals surface area contributed by atoms with Crippen LogP contribution in [0.25, 0.3) is 0 Å². The molecule has 15 heavy (non-hydrogen) atoms. The molecule has 1 rings (SSSR count). The first-order valence-corrected chi connectivity index (χ1v) is 5.26. The Hall–Kier alpha value is -1.34. The number of halogens is 1. The van der Waals surface area contributed by atoms with Gasteiger partial charge in [-0.2, -0.15) is 5.26 Å². The molecule has 0 saturated heterocycles. The molecule has 0 amide bonds. The first-order chi connectivity index (χ1) is 7.10. The molecule has 78 valence electrons. The quantitative estimate of drug-likeness (QED) is 0.792. The molecule has 4 heteroatoms. The highest BCUT2D eigenvalue weighted by Crippen LogP contribution is 2.27. The van der Waals surface area contributed by atoms with Crippen molar-refractivity contribution in [2.45, 2.75) is 13.8 Å². The maximum Gasteiger partial charge on any atom is 0.161 e. The van der Waals surface area contributed by atoms with Gasteiger partial charge in [0.25, 0.3) is 0 Å². The van der Waals surface area contributed by atoms with Gasteiger partial charge in [-0.3, -0.25) is 4.79 Å². The van der Waals surface area contributed by atoms with Crippen LogP contribution in [-0.4, -0.2) is 12.4 Å². The van der Waals surface area contributed by atoms with E-state index in [4.69, 9.17) is 10.00 Å². The van der Waals surface area contributed by atoms with Crippen LogP contribution in [0, 0.1) is 11.3 Å². The SMILES string of the molecule is CCOc1cc(Br)cc(C(C)=O)c1C#N. The third kappa shape index (κ3) is 2.57. The van der Waals surface area contributed by atoms with E-state index in [9.17, 15) is 4.79 Å². The summed E-state index contributed by atoms with van der Waals surface area (Å²) < 4.78 is 6.03. The lowest BCUT2D eigenvalue weighted by molar-refractivity contribution is 0.101. The molecule has 0 aliphatic heterocycles. The van der Waals surface area contributed by atoms with Crippen molar-refractivity contribution in [3.63, 3.8) is 0 Å². The zero-order valence-electron chi connectivity index (χ0n) is 8.50. The van der Waals surface area contributed by atoms with Crippen LogP contribution >= 0.6 is 15.9 Å². The highest BCUT2D eigenvalue weighted by Gasteiger charge is 2.14. The smallest absolute Gasteiger partial charge is 0.161 e. The molecule has 1 aromatic rings. The number of Topliss-reactive ketones (excluding diaryl/α,β-unsaturated/α-hetero) is 1. The number of carbonyl (C=O) groups excluding carboxylic acids is 1. The molecular weight excluding hydrogens is 258 g/mol. The minimum atomic E-state index is -0.145. The van der Waals surface area contributed by atoms with E-state index >= 15 is 0 Å². The topological polar surface area (TPSA) is 50.1 Å². The summed E-state index contributed by atoms with van der Waals surface area (Å²) in [5.74, 6) is 0.299. The monoisotopic (exact) mass is 267 g/mol. The van der Waals surface area contributed by atoms with Crippen molar-refractivity contribution in [1.29, 1.82) is 5.26 Å². The molecule has 0 N–H and O–H groups in total. The summed E-state index contributed by atoms with van der Waals surface area (Å²) in [6, 6.07) is 5.31. The van der Waals surface area contributed by atoms with Crippen LogP contribution in [0.3, 0.4) is 0 Å². The Bertz CT molecular complexity index is 435. The largest absolute Gasteiger partial charge is 0.492 e. The van der Waals surface area contributed by atoms with Gasteiger partial charge in [0.2, 0.25) is 0 Å². The average Bonchev–Trinajstić information content (AvgIpc) is 2.17. The summed E-state index contributed by atoms with van der Waals surface area (Å²) in [4.78, 5) is 11.3. The Balaban J connectivity index is 3.40. The first kappa shape index (κ1) is 11.7. The fourth-order valence-electron chi connectivity index (χ4n) is 1.24. The van der Waals surface area contributed by atoms with Crippen LogP contribution in [0.1, 0.15) is 29.8 Å². The molecule has 0 spiro atoms. The molecule has 0 aliphatic rings. The van der Waals surface area contributed by atoms with Crippen molar-refractivity contribution in [2.24, 2.45) is 0 Å². The molecule has 0 saturated carbocycles. The molecule has 1 aromatic carbocycles. The molecule has 0 atom stereocenters. The number of ketones is 1. The molecule has 0 radical (unpaired) electrons. The van der Waals surface area contributed by atoms with Gasteiger partial charge in [0, 0.05) is 10.0 Å². The van der Waals surface area contributed by atoms with Gasteiger partial charge in [-0.1, -0.05) is 15.9 Å². The molecule has 0 unspecified atom stereocenters. The Morgan fingerprint density at radius 3 is 2.73 bits per heavy atom. The van der Waals surface area contributed by atoms with Crippen molar-refractivity contribution >= 4 is 21.7 Å². The van der Waals surface area contributed by atoms with Crippen LogP contribution < -0.4 is 4.74 Å². The fourth-order valence-corrected chi connectivity index (χ4v) is 1.68. The minimum Gasteiger partial charge on any atom is -0.492 e. The van der Waals surface area contributed by atoms with Crippen LogP contribution in [0.15, 0.2) is 16.6 Å². The van der Waals surface area contributed by atoms with E-state index in [0.29, 0.717) is 23.5 Å². The zero-order valence-corrected chi connectivity index (χ0v) is 10.1. The Morgan fingerprint density at radius 2 is 2.27 bits per heavy atom. The number of benzene rings is 1. The molecular formula is C11H10BrNO2. The van der Waals surface area contributed by atoms with E-state index in [0.717, 1.165) is 4.47 Å². The number of hydrogen-bond donors (Lipinski definition) is 0. The lowest BCUT2D eigenvalue weighted by Gasteiger charge is -2.08. The highest BCUT2D eigenvalue weighted by molar-refractivity contribution is 9.10. The summed E-state index contributed by atoms with van der Waals surface area (Å²) in [7, 11) is 0. The summed E-state index contributed by atoms with van der Waals surface area (Å²) in [6.45, 7) is 3.72. The van der Waals surface area contributed by atoms with E-state index < -0.39 is 0 Å². The van der Waals surface area contributed by atoms with Gasteiger partial charge in [0.15, 0.2) is 5.78 Å². The van der Waals surface area contributed by atoms with Gasteiger partial charge in [-0.05, 0) is 26.0 Å². The van der Waals surface area contributed by atoms with Crippen LogP contribution in [0.2, 0.25) is 0 Å². The number of hydrogen-bond acceptors (Lipinski definition) is 3. The van der Waals surface area contributed by atoms with Crippen LogP contribution in [-0.2, 0) is 0 Å². The fraction of sp³-hybridized carbons (Fsp3) is 0.273. The third-order valence-electron chi connectivity index (χ3n) is 1.86. The Labute approximate surface area is 96.8 Å². The standard InChI is InChI=1S/C11H10BrNO2/c1-3-15-11-5-8(12)4-9(7(2)14)10(11)6-13/h4-5H,3H2,1-2H3. The third-order valence-corrected chi connectivity index (χ3v) is 2.32. The van der Waals surface area contributed by atoms with Crippen molar-refractivity contribution in [3.8, 4) is 11.8 Å². The molecule has 0 bridgehead atoms. The van der Waals surface area contributed by atoms with E-state index in [1.807, 2.05) is 13.0 Å². The second-order valence-corrected chi connectivity index (χ2v) is 3.84. The van der Waals surface area contributed by atoms with Crippen molar-refractivity contribution in [2.75, 3.05) is 6.61 Å². The zero-order chi connectivity index (χ0) is 11.4. The number of nitrogens with zero attached hydrogens (tertiary/aromatic N) is 1. The number of nitriles is 1. The van der Waals surface area contributed by atoms with Gasteiger partial charge in [0.05, 0.1) is 6.61 Å². The molecule has 0 heterocycles. The van der Waals surface area contributed by atoms with Crippen LogP contribution in [0.5, 0.6) is 5.75 Å². The van der Waals surface area contributed by atoms with Gasteiger partial charge >= 0.3 is 0 Å². The predicted molar refractivity (Wildman–Crippen MR) is 60.0 cm³/mol. The maximum atomic E-state index is 11.3. The van der Waals surface area contributed by atoms with Crippen molar-refractivity contribution in [3.05, 3.63) is 27.7 Å². The normalized spacial score (nSPS) is 9.47. The summed E-state index contributed by atoms with van der Waals surface area (Å²) in [5.41, 5.74) is 0.683. The lowest BCUT2D eigenvalue weighted by atomic mass is 10.0. The Morgan fingerprint density at radius 1 is 1.60 bits per heavy atom. The van der Waals surface area contributed by atoms with Gasteiger partial charge < -0.3 is 4.74 Å². The highest BCUT2D eigenvalue weighted by atomic mass is 79.9. The summed E-state index contributed by atoms with van der Waals surface area (Å²) in [5, 5.41) is 8.97. The number of rotatable bonds is 3. The predicted octanol–water partition coefficient (Wildman–Crippen LogP) is 2.92.